The van der Waals surface area contributed by atoms with Crippen LogP contribution in [-0.2, 0) is 17.4 Å². The molecule has 2 aromatic rings. The van der Waals surface area contributed by atoms with E-state index in [1.807, 2.05) is 5.43 Å². The summed E-state index contributed by atoms with van der Waals surface area (Å²) in [4.78, 5) is 14.8. The number of amides is 1. The van der Waals surface area contributed by atoms with Gasteiger partial charge in [-0.2, -0.15) is 13.2 Å². The number of pyridine rings is 1. The second-order valence-electron chi connectivity index (χ2n) is 3.63. The molecule has 0 radical (unpaired) electrons. The van der Waals surface area contributed by atoms with Gasteiger partial charge >= 0.3 is 6.18 Å². The van der Waals surface area contributed by atoms with Crippen LogP contribution in [0.3, 0.4) is 0 Å². The fourth-order valence-electron chi connectivity index (χ4n) is 1.59. The molecule has 0 aliphatic carbocycles. The smallest absolute Gasteiger partial charge is 0.306 e. The number of alkyl halides is 3. The van der Waals surface area contributed by atoms with E-state index in [1.54, 1.807) is 0 Å². The van der Waals surface area contributed by atoms with Crippen molar-refractivity contribution in [2.75, 3.05) is 0 Å². The van der Waals surface area contributed by atoms with Gasteiger partial charge in [-0.3, -0.25) is 10.2 Å². The predicted octanol–water partition coefficient (Wildman–Crippen LogP) is 0.886. The second-order valence-corrected chi connectivity index (χ2v) is 3.63. The number of carbonyl (C=O) groups is 1. The van der Waals surface area contributed by atoms with Crippen molar-refractivity contribution < 1.29 is 18.0 Å². The van der Waals surface area contributed by atoms with Gasteiger partial charge in [-0.05, 0) is 12.1 Å². The van der Waals surface area contributed by atoms with Gasteiger partial charge in [0.25, 0.3) is 0 Å². The van der Waals surface area contributed by atoms with E-state index >= 15 is 0 Å². The highest BCUT2D eigenvalue weighted by atomic mass is 19.4. The Balaban J connectivity index is 2.48. The van der Waals surface area contributed by atoms with Crippen molar-refractivity contribution in [3.8, 4) is 0 Å². The van der Waals surface area contributed by atoms with E-state index in [9.17, 15) is 18.0 Å². The van der Waals surface area contributed by atoms with Crippen LogP contribution in [0.25, 0.3) is 5.65 Å². The molecule has 0 bridgehead atoms. The molecule has 0 unspecified atom stereocenters. The Morgan fingerprint density at radius 3 is 2.83 bits per heavy atom. The molecule has 0 spiro atoms. The molecule has 2 heterocycles. The molecule has 0 saturated heterocycles. The number of imidazole rings is 1. The van der Waals surface area contributed by atoms with Gasteiger partial charge in [0.1, 0.15) is 5.65 Å². The molecule has 2 rings (SSSR count). The Bertz CT molecular complexity index is 590. The molecule has 0 aliphatic heterocycles. The van der Waals surface area contributed by atoms with E-state index in [4.69, 9.17) is 5.84 Å². The first-order chi connectivity index (χ1) is 8.41. The Labute approximate surface area is 99.4 Å². The number of nitrogens with two attached hydrogens (primary N) is 1. The maximum atomic E-state index is 12.7. The first-order valence-electron chi connectivity index (χ1n) is 4.95. The van der Waals surface area contributed by atoms with Gasteiger partial charge in [0.2, 0.25) is 5.91 Å². The van der Waals surface area contributed by atoms with Crippen molar-refractivity contribution in [2.24, 2.45) is 5.84 Å². The lowest BCUT2D eigenvalue weighted by Gasteiger charge is -2.06. The van der Waals surface area contributed by atoms with Crippen LogP contribution in [0.5, 0.6) is 0 Å². The monoisotopic (exact) mass is 258 g/mol. The number of rotatable bonds is 2. The fraction of sp³-hybridized carbons (Fsp3) is 0.200. The summed E-state index contributed by atoms with van der Waals surface area (Å²) < 4.78 is 39.3. The molecule has 3 N–H and O–H groups in total. The van der Waals surface area contributed by atoms with Gasteiger partial charge in [-0.25, -0.2) is 10.8 Å². The van der Waals surface area contributed by atoms with Crippen LogP contribution in [0.1, 0.15) is 11.3 Å². The maximum Gasteiger partial charge on any atom is 0.419 e. The largest absolute Gasteiger partial charge is 0.419 e. The molecule has 0 atom stereocenters. The zero-order valence-corrected chi connectivity index (χ0v) is 9.03. The molecular formula is C10H9F3N4O. The van der Waals surface area contributed by atoms with E-state index < -0.39 is 17.6 Å². The van der Waals surface area contributed by atoms with Crippen molar-refractivity contribution in [1.29, 1.82) is 0 Å². The predicted molar refractivity (Wildman–Crippen MR) is 56.2 cm³/mol. The van der Waals surface area contributed by atoms with Crippen LogP contribution < -0.4 is 11.3 Å². The summed E-state index contributed by atoms with van der Waals surface area (Å²) in [7, 11) is 0. The molecule has 18 heavy (non-hydrogen) atoms. The minimum Gasteiger partial charge on any atom is -0.306 e. The van der Waals surface area contributed by atoms with Gasteiger partial charge in [0, 0.05) is 12.4 Å². The fourth-order valence-corrected chi connectivity index (χ4v) is 1.59. The van der Waals surface area contributed by atoms with Crippen LogP contribution in [0.15, 0.2) is 24.5 Å². The minimum absolute atomic E-state index is 0.171. The highest BCUT2D eigenvalue weighted by molar-refractivity contribution is 5.77. The third-order valence-corrected chi connectivity index (χ3v) is 2.34. The first kappa shape index (κ1) is 12.4. The zero-order chi connectivity index (χ0) is 13.3. The van der Waals surface area contributed by atoms with Gasteiger partial charge in [0.15, 0.2) is 0 Å². The van der Waals surface area contributed by atoms with Gasteiger partial charge in [-0.15, -0.1) is 0 Å². The van der Waals surface area contributed by atoms with E-state index in [-0.39, 0.29) is 17.8 Å². The van der Waals surface area contributed by atoms with Crippen molar-refractivity contribution in [1.82, 2.24) is 14.8 Å². The molecule has 8 heteroatoms. The molecule has 0 saturated carbocycles. The first-order valence-corrected chi connectivity index (χ1v) is 4.95. The summed E-state index contributed by atoms with van der Waals surface area (Å²) in [6.07, 6.45) is -1.86. The van der Waals surface area contributed by atoms with Gasteiger partial charge in [-0.1, -0.05) is 0 Å². The van der Waals surface area contributed by atoms with Crippen LogP contribution in [-0.4, -0.2) is 15.3 Å². The van der Waals surface area contributed by atoms with E-state index in [2.05, 4.69) is 4.98 Å². The molecule has 0 aliphatic rings. The zero-order valence-electron chi connectivity index (χ0n) is 9.03. The Hall–Kier alpha value is -2.09. The number of hydrazine groups is 1. The quantitative estimate of drug-likeness (QED) is 0.477. The molecule has 1 amide bonds. The standard InChI is InChI=1S/C10H9F3N4O/c11-10(12,13)7-2-1-3-17-5-6(15-9(7)17)4-8(18)16-14/h1-3,5H,4,14H2,(H,16,18). The van der Waals surface area contributed by atoms with Gasteiger partial charge in [0.05, 0.1) is 17.7 Å². The average molecular weight is 258 g/mol. The number of nitrogens with zero attached hydrogens (tertiary/aromatic N) is 2. The third kappa shape index (κ3) is 2.28. The van der Waals surface area contributed by atoms with Crippen LogP contribution >= 0.6 is 0 Å². The topological polar surface area (TPSA) is 72.4 Å². The number of fused-ring (bicyclic) bond motifs is 1. The summed E-state index contributed by atoms with van der Waals surface area (Å²) in [6.45, 7) is 0. The van der Waals surface area contributed by atoms with E-state index in [0.29, 0.717) is 0 Å². The van der Waals surface area contributed by atoms with E-state index in [0.717, 1.165) is 6.07 Å². The Morgan fingerprint density at radius 1 is 1.50 bits per heavy atom. The number of aromatic nitrogens is 2. The summed E-state index contributed by atoms with van der Waals surface area (Å²) in [5, 5.41) is 0. The molecule has 96 valence electrons. The van der Waals surface area contributed by atoms with E-state index in [1.165, 1.54) is 22.9 Å². The number of hydrogen-bond donors (Lipinski definition) is 2. The van der Waals surface area contributed by atoms with Crippen molar-refractivity contribution in [2.45, 2.75) is 12.6 Å². The summed E-state index contributed by atoms with van der Waals surface area (Å²) >= 11 is 0. The Kier molecular flexibility index (Phi) is 2.95. The molecular weight excluding hydrogens is 249 g/mol. The summed E-state index contributed by atoms with van der Waals surface area (Å²) in [5.41, 5.74) is 1.03. The number of hydrogen-bond acceptors (Lipinski definition) is 3. The minimum atomic E-state index is -4.48. The third-order valence-electron chi connectivity index (χ3n) is 2.34. The van der Waals surface area contributed by atoms with Crippen molar-refractivity contribution >= 4 is 11.6 Å². The molecule has 2 aromatic heterocycles. The lowest BCUT2D eigenvalue weighted by atomic mass is 10.2. The molecule has 0 aromatic carbocycles. The van der Waals surface area contributed by atoms with Crippen LogP contribution in [0, 0.1) is 0 Å². The lowest BCUT2D eigenvalue weighted by Crippen LogP contribution is -2.31. The highest BCUT2D eigenvalue weighted by Crippen LogP contribution is 2.31. The van der Waals surface area contributed by atoms with Crippen molar-refractivity contribution in [3.63, 3.8) is 0 Å². The van der Waals surface area contributed by atoms with Gasteiger partial charge < -0.3 is 4.40 Å². The summed E-state index contributed by atoms with van der Waals surface area (Å²) in [6, 6.07) is 2.21. The number of carbonyl (C=O) groups excluding carboxylic acids is 1. The number of halogens is 3. The lowest BCUT2D eigenvalue weighted by molar-refractivity contribution is -0.136. The normalized spacial score (nSPS) is 11.8. The summed E-state index contributed by atoms with van der Waals surface area (Å²) in [5.74, 6) is 4.38. The van der Waals surface area contributed by atoms with Crippen LogP contribution in [0.2, 0.25) is 0 Å². The van der Waals surface area contributed by atoms with Crippen molar-refractivity contribution in [3.05, 3.63) is 35.8 Å². The maximum absolute atomic E-state index is 12.7. The SMILES string of the molecule is NNC(=O)Cc1cn2cccc(C(F)(F)F)c2n1. The Morgan fingerprint density at radius 2 is 2.22 bits per heavy atom. The highest BCUT2D eigenvalue weighted by Gasteiger charge is 2.33. The molecule has 0 fully saturated rings. The second kappa shape index (κ2) is 4.30. The average Bonchev–Trinajstić information content (AvgIpc) is 2.68. The van der Waals surface area contributed by atoms with Crippen LogP contribution in [0.4, 0.5) is 13.2 Å². The number of nitrogens with one attached hydrogen (secondary N) is 1. The molecule has 5 nitrogen and oxygen atoms in total.